The maximum absolute atomic E-state index is 12.7. The van der Waals surface area contributed by atoms with Crippen molar-refractivity contribution in [3.8, 4) is 5.69 Å². The van der Waals surface area contributed by atoms with Crippen molar-refractivity contribution < 1.29 is 4.79 Å². The van der Waals surface area contributed by atoms with Gasteiger partial charge in [0.15, 0.2) is 0 Å². The molecule has 0 aliphatic carbocycles. The van der Waals surface area contributed by atoms with Gasteiger partial charge in [-0.3, -0.25) is 4.79 Å². The number of thioether (sulfide) groups is 1. The van der Waals surface area contributed by atoms with Crippen LogP contribution in [0.15, 0.2) is 53.7 Å². The molecule has 1 fully saturated rings. The molecular formula is C21H24ClN7OS. The fourth-order valence-electron chi connectivity index (χ4n) is 3.51. The monoisotopic (exact) mass is 457 g/mol. The Labute approximate surface area is 190 Å². The zero-order chi connectivity index (χ0) is 21.6. The van der Waals surface area contributed by atoms with Gasteiger partial charge in [0.2, 0.25) is 11.1 Å². The molecule has 0 unspecified atom stereocenters. The number of halogens is 1. The number of aromatic nitrogens is 4. The molecule has 31 heavy (non-hydrogen) atoms. The van der Waals surface area contributed by atoms with Crippen molar-refractivity contribution in [2.45, 2.75) is 12.1 Å². The average molecular weight is 458 g/mol. The number of hydrogen-bond acceptors (Lipinski definition) is 7. The van der Waals surface area contributed by atoms with E-state index in [0.29, 0.717) is 10.2 Å². The largest absolute Gasteiger partial charge is 0.367 e. The number of para-hydroxylation sites is 1. The third-order valence-electron chi connectivity index (χ3n) is 5.17. The Morgan fingerprint density at radius 2 is 1.90 bits per heavy atom. The summed E-state index contributed by atoms with van der Waals surface area (Å²) in [4.78, 5) is 17.4. The van der Waals surface area contributed by atoms with Crippen LogP contribution in [0.2, 0.25) is 5.02 Å². The number of tetrazole rings is 1. The van der Waals surface area contributed by atoms with E-state index in [1.165, 1.54) is 11.8 Å². The normalized spacial score (nSPS) is 14.6. The predicted octanol–water partition coefficient (Wildman–Crippen LogP) is 3.19. The molecule has 1 N–H and O–H groups in total. The number of piperazine rings is 1. The van der Waals surface area contributed by atoms with Crippen LogP contribution in [0.4, 0.5) is 11.4 Å². The molecule has 1 saturated heterocycles. The number of hydrogen-bond donors (Lipinski definition) is 1. The summed E-state index contributed by atoms with van der Waals surface area (Å²) in [6.07, 6.45) is 0. The van der Waals surface area contributed by atoms with E-state index < -0.39 is 0 Å². The van der Waals surface area contributed by atoms with Crippen LogP contribution in [0.25, 0.3) is 5.69 Å². The van der Waals surface area contributed by atoms with Gasteiger partial charge in [0.1, 0.15) is 0 Å². The SMILES string of the molecule is CCN1CCN(c2ccc(Cl)cc2NC(=O)CSc2nnnn2-c2ccccc2)CC1. The quantitative estimate of drug-likeness (QED) is 0.546. The van der Waals surface area contributed by atoms with E-state index in [0.717, 1.165) is 49.8 Å². The van der Waals surface area contributed by atoms with E-state index in [9.17, 15) is 4.79 Å². The number of amides is 1. The Hall–Kier alpha value is -2.62. The van der Waals surface area contributed by atoms with Crippen LogP contribution in [0.1, 0.15) is 6.92 Å². The zero-order valence-electron chi connectivity index (χ0n) is 17.2. The minimum absolute atomic E-state index is 0.136. The fourth-order valence-corrected chi connectivity index (χ4v) is 4.37. The lowest BCUT2D eigenvalue weighted by molar-refractivity contribution is -0.113. The first kappa shape index (κ1) is 21.6. The van der Waals surface area contributed by atoms with Crippen LogP contribution in [0, 0.1) is 0 Å². The van der Waals surface area contributed by atoms with Gasteiger partial charge in [-0.25, -0.2) is 0 Å². The fraction of sp³-hybridized carbons (Fsp3) is 0.333. The van der Waals surface area contributed by atoms with Gasteiger partial charge in [0.05, 0.1) is 22.8 Å². The average Bonchev–Trinajstić information content (AvgIpc) is 3.27. The number of benzene rings is 2. The Kier molecular flexibility index (Phi) is 7.06. The van der Waals surface area contributed by atoms with E-state index in [4.69, 9.17) is 11.6 Å². The number of anilines is 2. The highest BCUT2D eigenvalue weighted by Gasteiger charge is 2.20. The lowest BCUT2D eigenvalue weighted by atomic mass is 10.2. The maximum Gasteiger partial charge on any atom is 0.234 e. The van der Waals surface area contributed by atoms with Crippen LogP contribution in [-0.2, 0) is 4.79 Å². The number of nitrogens with one attached hydrogen (secondary N) is 1. The van der Waals surface area contributed by atoms with Crippen molar-refractivity contribution >= 4 is 40.6 Å². The number of nitrogens with zero attached hydrogens (tertiary/aromatic N) is 6. The Morgan fingerprint density at radius 3 is 2.65 bits per heavy atom. The number of carbonyl (C=O) groups excluding carboxylic acids is 1. The highest BCUT2D eigenvalue weighted by atomic mass is 35.5. The van der Waals surface area contributed by atoms with Gasteiger partial charge >= 0.3 is 0 Å². The van der Waals surface area contributed by atoms with E-state index in [1.807, 2.05) is 42.5 Å². The summed E-state index contributed by atoms with van der Waals surface area (Å²) < 4.78 is 1.62. The van der Waals surface area contributed by atoms with Crippen LogP contribution < -0.4 is 10.2 Å². The minimum Gasteiger partial charge on any atom is -0.367 e. The molecule has 162 valence electrons. The van der Waals surface area contributed by atoms with Crippen molar-refractivity contribution in [3.05, 3.63) is 53.6 Å². The molecule has 0 saturated carbocycles. The molecule has 8 nitrogen and oxygen atoms in total. The number of rotatable bonds is 7. The Bertz CT molecular complexity index is 1020. The summed E-state index contributed by atoms with van der Waals surface area (Å²) in [7, 11) is 0. The molecule has 1 aliphatic rings. The van der Waals surface area contributed by atoms with Crippen molar-refractivity contribution in [3.63, 3.8) is 0 Å². The Balaban J connectivity index is 1.42. The Morgan fingerprint density at radius 1 is 1.13 bits per heavy atom. The summed E-state index contributed by atoms with van der Waals surface area (Å²) in [5.41, 5.74) is 2.57. The topological polar surface area (TPSA) is 79.2 Å². The summed E-state index contributed by atoms with van der Waals surface area (Å²) in [5.74, 6) is 0.0475. The summed E-state index contributed by atoms with van der Waals surface area (Å²) >= 11 is 7.50. The van der Waals surface area contributed by atoms with Crippen molar-refractivity contribution in [2.24, 2.45) is 0 Å². The van der Waals surface area contributed by atoms with Gasteiger partial charge in [0.25, 0.3) is 0 Å². The molecule has 3 aromatic rings. The smallest absolute Gasteiger partial charge is 0.234 e. The molecule has 0 atom stereocenters. The summed E-state index contributed by atoms with van der Waals surface area (Å²) in [5, 5.41) is 16.0. The van der Waals surface area contributed by atoms with Gasteiger partial charge in [-0.15, -0.1) is 5.10 Å². The molecule has 10 heteroatoms. The van der Waals surface area contributed by atoms with E-state index in [-0.39, 0.29) is 11.7 Å². The number of carbonyl (C=O) groups is 1. The molecule has 4 rings (SSSR count). The van der Waals surface area contributed by atoms with Gasteiger partial charge in [0, 0.05) is 31.2 Å². The third kappa shape index (κ3) is 5.36. The summed E-state index contributed by atoms with van der Waals surface area (Å²) in [6.45, 7) is 7.07. The van der Waals surface area contributed by atoms with Crippen molar-refractivity contribution in [1.82, 2.24) is 25.1 Å². The second-order valence-electron chi connectivity index (χ2n) is 7.13. The predicted molar refractivity (Wildman–Crippen MR) is 124 cm³/mol. The van der Waals surface area contributed by atoms with Gasteiger partial charge in [-0.2, -0.15) is 4.68 Å². The molecule has 2 heterocycles. The third-order valence-corrected chi connectivity index (χ3v) is 6.32. The molecular weight excluding hydrogens is 434 g/mol. The first-order valence-electron chi connectivity index (χ1n) is 10.2. The van der Waals surface area contributed by atoms with Crippen LogP contribution in [0.5, 0.6) is 0 Å². The zero-order valence-corrected chi connectivity index (χ0v) is 18.8. The van der Waals surface area contributed by atoms with Crippen LogP contribution >= 0.6 is 23.4 Å². The second-order valence-corrected chi connectivity index (χ2v) is 8.51. The standard InChI is InChI=1S/C21H24ClN7OS/c1-2-27-10-12-28(13-11-27)19-9-8-16(22)14-18(19)23-20(30)15-31-21-24-25-26-29(21)17-6-4-3-5-7-17/h3-9,14H,2,10-13,15H2,1H3,(H,23,30). The molecule has 1 amide bonds. The highest BCUT2D eigenvalue weighted by Crippen LogP contribution is 2.30. The maximum atomic E-state index is 12.7. The molecule has 1 aliphatic heterocycles. The first-order valence-corrected chi connectivity index (χ1v) is 11.5. The summed E-state index contributed by atoms with van der Waals surface area (Å²) in [6, 6.07) is 15.2. The highest BCUT2D eigenvalue weighted by molar-refractivity contribution is 7.99. The van der Waals surface area contributed by atoms with Crippen LogP contribution in [0.3, 0.4) is 0 Å². The molecule has 0 spiro atoms. The van der Waals surface area contributed by atoms with Gasteiger partial charge in [-0.1, -0.05) is 48.5 Å². The van der Waals surface area contributed by atoms with Crippen molar-refractivity contribution in [1.29, 1.82) is 0 Å². The van der Waals surface area contributed by atoms with Gasteiger partial charge < -0.3 is 15.1 Å². The minimum atomic E-state index is -0.136. The first-order chi connectivity index (χ1) is 15.1. The van der Waals surface area contributed by atoms with Crippen molar-refractivity contribution in [2.75, 3.05) is 48.7 Å². The number of likely N-dealkylation sites (N-methyl/N-ethyl adjacent to an activating group) is 1. The van der Waals surface area contributed by atoms with E-state index in [2.05, 4.69) is 37.6 Å². The van der Waals surface area contributed by atoms with Gasteiger partial charge in [-0.05, 0) is 47.3 Å². The van der Waals surface area contributed by atoms with E-state index in [1.54, 1.807) is 10.7 Å². The molecule has 0 radical (unpaired) electrons. The van der Waals surface area contributed by atoms with Crippen LogP contribution in [-0.4, -0.2) is 69.5 Å². The molecule has 2 aromatic carbocycles. The second kappa shape index (κ2) is 10.1. The lowest BCUT2D eigenvalue weighted by Crippen LogP contribution is -2.46. The lowest BCUT2D eigenvalue weighted by Gasteiger charge is -2.36. The molecule has 1 aromatic heterocycles. The molecule has 0 bridgehead atoms. The van der Waals surface area contributed by atoms with E-state index >= 15 is 0 Å².